The quantitative estimate of drug-likeness (QED) is 0.553. The highest BCUT2D eigenvalue weighted by molar-refractivity contribution is 7.89. The fourth-order valence-electron chi connectivity index (χ4n) is 3.96. The normalized spacial score (nSPS) is 20.4. The molecule has 0 amide bonds. The largest absolute Gasteiger partial charge is 0.422 e. The van der Waals surface area contributed by atoms with Gasteiger partial charge in [0.25, 0.3) is 0 Å². The van der Waals surface area contributed by atoms with Crippen LogP contribution < -0.4 is 0 Å². The second-order valence-corrected chi connectivity index (χ2v) is 9.78. The molecule has 0 radical (unpaired) electrons. The topological polar surface area (TPSA) is 96.5 Å². The zero-order chi connectivity index (χ0) is 23.6. The van der Waals surface area contributed by atoms with E-state index in [1.54, 1.807) is 30.3 Å². The smallest absolute Gasteiger partial charge is 0.241 e. The first-order valence-corrected chi connectivity index (χ1v) is 11.7. The van der Waals surface area contributed by atoms with Crippen molar-refractivity contribution in [2.45, 2.75) is 43.7 Å². The summed E-state index contributed by atoms with van der Waals surface area (Å²) in [6.45, 7) is -0.855. The lowest BCUT2D eigenvalue weighted by molar-refractivity contribution is 0.237. The van der Waals surface area contributed by atoms with Crippen molar-refractivity contribution >= 4 is 10.0 Å². The van der Waals surface area contributed by atoms with E-state index in [9.17, 15) is 17.2 Å². The lowest BCUT2D eigenvalue weighted by Crippen LogP contribution is -2.45. The van der Waals surface area contributed by atoms with Crippen LogP contribution in [0.3, 0.4) is 0 Å². The molecule has 1 aromatic heterocycles. The van der Waals surface area contributed by atoms with Crippen molar-refractivity contribution in [1.82, 2.24) is 14.5 Å². The van der Waals surface area contributed by atoms with E-state index in [0.29, 0.717) is 18.4 Å². The minimum atomic E-state index is -3.92. The van der Waals surface area contributed by atoms with Gasteiger partial charge in [0.2, 0.25) is 21.8 Å². The maximum Gasteiger partial charge on any atom is 0.241 e. The van der Waals surface area contributed by atoms with Crippen LogP contribution in [0.2, 0.25) is 0 Å². The minimum absolute atomic E-state index is 0.0156. The third-order valence-corrected chi connectivity index (χ3v) is 7.89. The third kappa shape index (κ3) is 4.66. The number of hydrogen-bond donors (Lipinski definition) is 1. The van der Waals surface area contributed by atoms with Gasteiger partial charge in [-0.25, -0.2) is 17.2 Å². The molecule has 4 rings (SSSR count). The monoisotopic (exact) mass is 473 g/mol. The number of aromatic nitrogens is 2. The summed E-state index contributed by atoms with van der Waals surface area (Å²) in [6.07, 6.45) is 6.14. The van der Waals surface area contributed by atoms with Gasteiger partial charge in [-0.3, -0.25) is 0 Å². The molecule has 2 aromatic carbocycles. The van der Waals surface area contributed by atoms with E-state index >= 15 is 0 Å². The molecule has 0 spiro atoms. The second-order valence-electron chi connectivity index (χ2n) is 7.71. The highest BCUT2D eigenvalue weighted by atomic mass is 32.2. The fraction of sp³-hybridized carbons (Fsp3) is 0.304. The average Bonchev–Trinajstić information content (AvgIpc) is 3.26. The summed E-state index contributed by atoms with van der Waals surface area (Å²) >= 11 is 0. The van der Waals surface area contributed by atoms with Crippen LogP contribution in [0.5, 0.6) is 0 Å². The molecule has 10 heteroatoms. The molecule has 172 valence electrons. The van der Waals surface area contributed by atoms with Crippen molar-refractivity contribution in [3.05, 3.63) is 82.6 Å². The number of nitrogens with zero attached hydrogens (tertiary/aromatic N) is 3. The van der Waals surface area contributed by atoms with Crippen molar-refractivity contribution < 1.29 is 26.7 Å². The predicted molar refractivity (Wildman–Crippen MR) is 115 cm³/mol. The first-order valence-electron chi connectivity index (χ1n) is 10.2. The molecule has 0 aliphatic carbocycles. The summed E-state index contributed by atoms with van der Waals surface area (Å²) in [5.74, 6) is 0.924. The summed E-state index contributed by atoms with van der Waals surface area (Å²) in [4.78, 5) is 0. The Morgan fingerprint density at radius 3 is 2.42 bits per heavy atom. The maximum absolute atomic E-state index is 14.9. The van der Waals surface area contributed by atoms with Crippen LogP contribution in [0.25, 0.3) is 0 Å². The van der Waals surface area contributed by atoms with E-state index in [2.05, 4.69) is 16.1 Å². The van der Waals surface area contributed by atoms with Crippen LogP contribution in [0.4, 0.5) is 8.78 Å². The number of terminal acetylenes is 1. The van der Waals surface area contributed by atoms with Crippen molar-refractivity contribution in [3.8, 4) is 12.3 Å². The lowest BCUT2D eigenvalue weighted by Gasteiger charge is -2.36. The van der Waals surface area contributed by atoms with Gasteiger partial charge < -0.3 is 9.52 Å². The molecule has 1 aliphatic rings. The van der Waals surface area contributed by atoms with Crippen LogP contribution in [0, 0.1) is 24.0 Å². The zero-order valence-electron chi connectivity index (χ0n) is 17.5. The molecule has 1 saturated heterocycles. The Hall–Kier alpha value is -3.13. The van der Waals surface area contributed by atoms with Crippen LogP contribution >= 0.6 is 0 Å². The number of aliphatic hydroxyl groups excluding tert-OH is 1. The Morgan fingerprint density at radius 2 is 1.76 bits per heavy atom. The molecule has 7 nitrogen and oxygen atoms in total. The summed E-state index contributed by atoms with van der Waals surface area (Å²) in [5.41, 5.74) is 0.457. The van der Waals surface area contributed by atoms with E-state index in [4.69, 9.17) is 15.9 Å². The highest BCUT2D eigenvalue weighted by Gasteiger charge is 2.42. The van der Waals surface area contributed by atoms with Gasteiger partial charge >= 0.3 is 0 Å². The first-order chi connectivity index (χ1) is 15.8. The van der Waals surface area contributed by atoms with Crippen LogP contribution in [-0.2, 0) is 29.6 Å². The summed E-state index contributed by atoms with van der Waals surface area (Å²) < 4.78 is 62.7. The van der Waals surface area contributed by atoms with Gasteiger partial charge in [-0.15, -0.1) is 16.6 Å². The minimum Gasteiger partial charge on any atom is -0.422 e. The Bertz CT molecular complexity index is 1290. The van der Waals surface area contributed by atoms with E-state index in [1.807, 2.05) is 0 Å². The fourth-order valence-corrected chi connectivity index (χ4v) is 6.06. The molecule has 0 saturated carbocycles. The van der Waals surface area contributed by atoms with E-state index in [1.165, 1.54) is 0 Å². The van der Waals surface area contributed by atoms with Crippen molar-refractivity contribution in [1.29, 1.82) is 0 Å². The van der Waals surface area contributed by atoms with Gasteiger partial charge in [0.1, 0.15) is 23.5 Å². The SMILES string of the molecule is C#C[C@H]1CC[C@H](c2ccccc2)S(=O)(=O)N1Cc1cc(F)c(Cc2nnc(CO)o2)cc1F. The predicted octanol–water partition coefficient (Wildman–Crippen LogP) is 3.10. The molecule has 0 bridgehead atoms. The number of sulfonamides is 1. The number of halogens is 2. The van der Waals surface area contributed by atoms with E-state index in [0.717, 1.165) is 16.4 Å². The Balaban J connectivity index is 1.62. The maximum atomic E-state index is 14.9. The lowest BCUT2D eigenvalue weighted by atomic mass is 10.0. The van der Waals surface area contributed by atoms with Gasteiger partial charge in [-0.05, 0) is 30.5 Å². The highest BCUT2D eigenvalue weighted by Crippen LogP contribution is 2.38. The molecule has 33 heavy (non-hydrogen) atoms. The molecule has 2 heterocycles. The van der Waals surface area contributed by atoms with Gasteiger partial charge in [-0.1, -0.05) is 36.3 Å². The summed E-state index contributed by atoms with van der Waals surface area (Å²) in [6, 6.07) is 9.93. The van der Waals surface area contributed by atoms with Crippen molar-refractivity contribution in [3.63, 3.8) is 0 Å². The van der Waals surface area contributed by atoms with E-state index < -0.39 is 46.1 Å². The van der Waals surface area contributed by atoms with Crippen LogP contribution in [0.1, 0.15) is 46.6 Å². The molecule has 2 atom stereocenters. The number of benzene rings is 2. The molecular weight excluding hydrogens is 452 g/mol. The standard InChI is InChI=1S/C23H21F2N3O4S/c1-2-18-8-9-21(15-6-4-3-5-7-15)33(30,31)28(18)13-17-11-19(24)16(10-20(17)25)12-22-26-27-23(14-29)32-22/h1,3-7,10-11,18,21,29H,8-9,12-14H2/t18-,21+/m0/s1. The van der Waals surface area contributed by atoms with Gasteiger partial charge in [0.05, 0.1) is 12.5 Å². The number of rotatable bonds is 6. The Labute approximate surface area is 190 Å². The first kappa shape index (κ1) is 23.0. The number of aliphatic hydroxyl groups is 1. The van der Waals surface area contributed by atoms with Gasteiger partial charge in [-0.2, -0.15) is 4.31 Å². The van der Waals surface area contributed by atoms with E-state index in [-0.39, 0.29) is 29.3 Å². The van der Waals surface area contributed by atoms with Crippen LogP contribution in [0.15, 0.2) is 46.9 Å². The number of hydrogen-bond acceptors (Lipinski definition) is 6. The summed E-state index contributed by atoms with van der Waals surface area (Å²) in [5, 5.41) is 15.4. The molecule has 1 fully saturated rings. The average molecular weight is 474 g/mol. The molecule has 1 N–H and O–H groups in total. The molecule has 3 aromatic rings. The third-order valence-electron chi connectivity index (χ3n) is 5.63. The Morgan fingerprint density at radius 1 is 1.09 bits per heavy atom. The van der Waals surface area contributed by atoms with Gasteiger partial charge in [0.15, 0.2) is 0 Å². The molecule has 1 aliphatic heterocycles. The van der Waals surface area contributed by atoms with Crippen molar-refractivity contribution in [2.75, 3.05) is 0 Å². The molecular formula is C23H21F2N3O4S. The Kier molecular flexibility index (Phi) is 6.56. The van der Waals surface area contributed by atoms with Gasteiger partial charge in [0, 0.05) is 17.7 Å². The summed E-state index contributed by atoms with van der Waals surface area (Å²) in [7, 11) is -3.92. The second kappa shape index (κ2) is 9.39. The van der Waals surface area contributed by atoms with Crippen molar-refractivity contribution in [2.24, 2.45) is 0 Å². The zero-order valence-corrected chi connectivity index (χ0v) is 18.3. The molecule has 0 unspecified atom stereocenters. The van der Waals surface area contributed by atoms with Crippen LogP contribution in [-0.4, -0.2) is 34.1 Å².